The molecule has 0 spiro atoms. The van der Waals surface area contributed by atoms with Crippen LogP contribution in [0.15, 0.2) is 41.8 Å². The van der Waals surface area contributed by atoms with Crippen LogP contribution in [0, 0.1) is 5.82 Å². The highest BCUT2D eigenvalue weighted by Crippen LogP contribution is 2.27. The zero-order chi connectivity index (χ0) is 16.4. The van der Waals surface area contributed by atoms with Gasteiger partial charge in [-0.2, -0.15) is 0 Å². The van der Waals surface area contributed by atoms with Gasteiger partial charge in [0.1, 0.15) is 16.5 Å². The number of hydrogen-bond acceptors (Lipinski definition) is 4. The van der Waals surface area contributed by atoms with Gasteiger partial charge in [-0.3, -0.25) is 4.79 Å². The Morgan fingerprint density at radius 3 is 2.78 bits per heavy atom. The van der Waals surface area contributed by atoms with Crippen molar-refractivity contribution in [1.82, 2.24) is 9.88 Å². The number of thiophene rings is 1. The molecule has 23 heavy (non-hydrogen) atoms. The van der Waals surface area contributed by atoms with Crippen molar-refractivity contribution in [3.8, 4) is 10.6 Å². The van der Waals surface area contributed by atoms with Crippen molar-refractivity contribution in [2.75, 3.05) is 7.05 Å². The lowest BCUT2D eigenvalue weighted by molar-refractivity contribution is 0.0781. The molecular formula is C16H12ClFN2OS2. The molecule has 0 radical (unpaired) electrons. The predicted octanol–water partition coefficient (Wildman–Crippen LogP) is 4.94. The van der Waals surface area contributed by atoms with Crippen LogP contribution < -0.4 is 0 Å². The third-order valence-corrected chi connectivity index (χ3v) is 5.29. The predicted molar refractivity (Wildman–Crippen MR) is 92.6 cm³/mol. The molecule has 0 aliphatic rings. The maximum atomic E-state index is 13.8. The highest BCUT2D eigenvalue weighted by atomic mass is 35.5. The van der Waals surface area contributed by atoms with E-state index in [2.05, 4.69) is 4.98 Å². The lowest BCUT2D eigenvalue weighted by Crippen LogP contribution is -2.26. The van der Waals surface area contributed by atoms with Gasteiger partial charge in [-0.05, 0) is 24.3 Å². The Kier molecular flexibility index (Phi) is 4.75. The van der Waals surface area contributed by atoms with Crippen LogP contribution in [-0.2, 0) is 6.54 Å². The number of benzene rings is 1. The van der Waals surface area contributed by atoms with E-state index in [1.807, 2.05) is 6.07 Å². The second-order valence-corrected chi connectivity index (χ2v) is 7.54. The zero-order valence-electron chi connectivity index (χ0n) is 12.1. The van der Waals surface area contributed by atoms with Gasteiger partial charge in [0, 0.05) is 22.9 Å². The van der Waals surface area contributed by atoms with E-state index in [4.69, 9.17) is 11.6 Å². The molecule has 3 nitrogen and oxygen atoms in total. The van der Waals surface area contributed by atoms with E-state index in [1.165, 1.54) is 28.7 Å². The van der Waals surface area contributed by atoms with Crippen LogP contribution in [-0.4, -0.2) is 22.8 Å². The summed E-state index contributed by atoms with van der Waals surface area (Å²) in [6.07, 6.45) is 0. The third-order valence-electron chi connectivity index (χ3n) is 3.20. The monoisotopic (exact) mass is 366 g/mol. The first-order chi connectivity index (χ1) is 11.0. The van der Waals surface area contributed by atoms with Crippen LogP contribution in [0.3, 0.4) is 0 Å². The highest BCUT2D eigenvalue weighted by molar-refractivity contribution is 7.16. The minimum Gasteiger partial charge on any atom is -0.335 e. The van der Waals surface area contributed by atoms with E-state index in [1.54, 1.807) is 41.6 Å². The zero-order valence-corrected chi connectivity index (χ0v) is 14.5. The van der Waals surface area contributed by atoms with Crippen molar-refractivity contribution >= 4 is 40.2 Å². The average Bonchev–Trinajstić information content (AvgIpc) is 3.16. The van der Waals surface area contributed by atoms with Crippen molar-refractivity contribution < 1.29 is 9.18 Å². The fraction of sp³-hybridized carbons (Fsp3) is 0.125. The molecule has 2 heterocycles. The molecule has 118 valence electrons. The Bertz CT molecular complexity index is 846. The number of amides is 1. The molecular weight excluding hydrogens is 355 g/mol. The molecule has 0 aliphatic heterocycles. The lowest BCUT2D eigenvalue weighted by atomic mass is 10.2. The number of thiazole rings is 1. The van der Waals surface area contributed by atoms with Crippen molar-refractivity contribution in [1.29, 1.82) is 0 Å². The Balaban J connectivity index is 1.77. The number of carbonyl (C=O) groups excluding carboxylic acids is 1. The van der Waals surface area contributed by atoms with Gasteiger partial charge in [-0.25, -0.2) is 9.37 Å². The topological polar surface area (TPSA) is 33.2 Å². The van der Waals surface area contributed by atoms with E-state index in [0.29, 0.717) is 27.1 Å². The van der Waals surface area contributed by atoms with E-state index < -0.39 is 0 Å². The molecule has 0 N–H and O–H groups in total. The standard InChI is InChI=1S/C16H12ClFN2OS2/c1-20(8-10-6-7-14(17)23-10)16(21)13-9-22-15(19-13)11-4-2-3-5-12(11)18/h2-7,9H,8H2,1H3. The Morgan fingerprint density at radius 2 is 2.09 bits per heavy atom. The smallest absolute Gasteiger partial charge is 0.273 e. The summed E-state index contributed by atoms with van der Waals surface area (Å²) in [5.74, 6) is -0.546. The van der Waals surface area contributed by atoms with Crippen molar-refractivity contribution in [3.05, 3.63) is 62.5 Å². The molecule has 0 saturated heterocycles. The summed E-state index contributed by atoms with van der Waals surface area (Å²) in [6.45, 7) is 0.461. The summed E-state index contributed by atoms with van der Waals surface area (Å²) in [6, 6.07) is 10.1. The number of rotatable bonds is 4. The third kappa shape index (κ3) is 3.60. The molecule has 3 aromatic rings. The summed E-state index contributed by atoms with van der Waals surface area (Å²) in [5.41, 5.74) is 0.725. The summed E-state index contributed by atoms with van der Waals surface area (Å²) in [7, 11) is 1.71. The number of nitrogens with zero attached hydrogens (tertiary/aromatic N) is 2. The van der Waals surface area contributed by atoms with Crippen LogP contribution in [0.2, 0.25) is 4.34 Å². The SMILES string of the molecule is CN(Cc1ccc(Cl)s1)C(=O)c1csc(-c2ccccc2F)n1. The summed E-state index contributed by atoms with van der Waals surface area (Å²) in [5, 5.41) is 2.15. The second-order valence-electron chi connectivity index (χ2n) is 4.88. The second kappa shape index (κ2) is 6.78. The number of halogens is 2. The van der Waals surface area contributed by atoms with Gasteiger partial charge in [0.2, 0.25) is 0 Å². The van der Waals surface area contributed by atoms with Crippen LogP contribution in [0.25, 0.3) is 10.6 Å². The van der Waals surface area contributed by atoms with Crippen molar-refractivity contribution in [3.63, 3.8) is 0 Å². The molecule has 1 amide bonds. The van der Waals surface area contributed by atoms with E-state index >= 15 is 0 Å². The van der Waals surface area contributed by atoms with E-state index in [9.17, 15) is 9.18 Å². The largest absolute Gasteiger partial charge is 0.335 e. The molecule has 0 unspecified atom stereocenters. The maximum Gasteiger partial charge on any atom is 0.273 e. The van der Waals surface area contributed by atoms with Crippen molar-refractivity contribution in [2.24, 2.45) is 0 Å². The minimum absolute atomic E-state index is 0.201. The van der Waals surface area contributed by atoms with Gasteiger partial charge >= 0.3 is 0 Å². The fourth-order valence-electron chi connectivity index (χ4n) is 2.07. The molecule has 2 aromatic heterocycles. The normalized spacial score (nSPS) is 10.7. The summed E-state index contributed by atoms with van der Waals surface area (Å²) >= 11 is 8.59. The van der Waals surface area contributed by atoms with E-state index in [-0.39, 0.29) is 11.7 Å². The first-order valence-electron chi connectivity index (χ1n) is 6.74. The van der Waals surface area contributed by atoms with Crippen LogP contribution in [0.1, 0.15) is 15.4 Å². The Hall–Kier alpha value is -1.76. The molecule has 0 saturated carbocycles. The minimum atomic E-state index is -0.345. The molecule has 1 aromatic carbocycles. The highest BCUT2D eigenvalue weighted by Gasteiger charge is 2.18. The lowest BCUT2D eigenvalue weighted by Gasteiger charge is -2.14. The van der Waals surface area contributed by atoms with Gasteiger partial charge in [0.25, 0.3) is 5.91 Å². The van der Waals surface area contributed by atoms with Crippen LogP contribution >= 0.6 is 34.3 Å². The molecule has 3 rings (SSSR count). The molecule has 0 atom stereocenters. The molecule has 0 bridgehead atoms. The van der Waals surface area contributed by atoms with Gasteiger partial charge in [-0.15, -0.1) is 22.7 Å². The summed E-state index contributed by atoms with van der Waals surface area (Å²) in [4.78, 5) is 19.3. The van der Waals surface area contributed by atoms with Gasteiger partial charge < -0.3 is 4.90 Å². The number of aromatic nitrogens is 1. The summed E-state index contributed by atoms with van der Waals surface area (Å²) < 4.78 is 14.5. The Labute approximate surface area is 146 Å². The van der Waals surface area contributed by atoms with Crippen LogP contribution in [0.5, 0.6) is 0 Å². The first kappa shape index (κ1) is 16.1. The molecule has 7 heteroatoms. The fourth-order valence-corrected chi connectivity index (χ4v) is 4.03. The Morgan fingerprint density at radius 1 is 1.30 bits per heavy atom. The molecule has 0 fully saturated rings. The van der Waals surface area contributed by atoms with Gasteiger partial charge in [0.15, 0.2) is 0 Å². The van der Waals surface area contributed by atoms with Gasteiger partial charge in [0.05, 0.1) is 10.9 Å². The number of hydrogen-bond donors (Lipinski definition) is 0. The maximum absolute atomic E-state index is 13.8. The van der Waals surface area contributed by atoms with Crippen molar-refractivity contribution in [2.45, 2.75) is 6.54 Å². The van der Waals surface area contributed by atoms with E-state index in [0.717, 1.165) is 4.88 Å². The average molecular weight is 367 g/mol. The van der Waals surface area contributed by atoms with Crippen LogP contribution in [0.4, 0.5) is 4.39 Å². The van der Waals surface area contributed by atoms with Gasteiger partial charge in [-0.1, -0.05) is 23.7 Å². The quantitative estimate of drug-likeness (QED) is 0.655. The first-order valence-corrected chi connectivity index (χ1v) is 8.82. The molecule has 0 aliphatic carbocycles. The number of carbonyl (C=O) groups is 1.